The van der Waals surface area contributed by atoms with E-state index >= 15 is 0 Å². The van der Waals surface area contributed by atoms with Crippen molar-refractivity contribution in [2.45, 2.75) is 11.3 Å². The van der Waals surface area contributed by atoms with Gasteiger partial charge in [0.15, 0.2) is 5.82 Å². The standard InChI is InChI=1S/C25H22N4O3S2/c1-32-22-11-7-20(8-12-22)24-27-25-29(28-24)21(17-33-25)15-16-26-34(30,31)23-13-9-19(10-14-23)18-5-3-2-4-6-18/h2-14,17,26H,15-16H2,1H3. The highest BCUT2D eigenvalue weighted by molar-refractivity contribution is 7.89. The molecule has 5 aromatic rings. The maximum Gasteiger partial charge on any atom is 0.240 e. The number of nitrogens with zero attached hydrogens (tertiary/aromatic N) is 3. The van der Waals surface area contributed by atoms with E-state index in [2.05, 4.69) is 14.8 Å². The van der Waals surface area contributed by atoms with Crippen molar-refractivity contribution in [2.75, 3.05) is 13.7 Å². The number of ether oxygens (including phenoxy) is 1. The summed E-state index contributed by atoms with van der Waals surface area (Å²) >= 11 is 1.48. The maximum atomic E-state index is 12.8. The number of hydrogen-bond acceptors (Lipinski definition) is 6. The molecule has 0 amide bonds. The highest BCUT2D eigenvalue weighted by Crippen LogP contribution is 2.24. The zero-order valence-electron chi connectivity index (χ0n) is 18.4. The summed E-state index contributed by atoms with van der Waals surface area (Å²) in [5.74, 6) is 1.39. The molecule has 0 aliphatic heterocycles. The quantitative estimate of drug-likeness (QED) is 0.342. The van der Waals surface area contributed by atoms with Crippen LogP contribution in [0, 0.1) is 0 Å². The summed E-state index contributed by atoms with van der Waals surface area (Å²) in [6.45, 7) is 0.256. The second kappa shape index (κ2) is 9.38. The Hall–Kier alpha value is -3.53. The van der Waals surface area contributed by atoms with Crippen LogP contribution in [0.4, 0.5) is 0 Å². The van der Waals surface area contributed by atoms with E-state index in [0.717, 1.165) is 33.1 Å². The van der Waals surface area contributed by atoms with Crippen LogP contribution in [-0.4, -0.2) is 36.7 Å². The lowest BCUT2D eigenvalue weighted by atomic mass is 10.1. The van der Waals surface area contributed by atoms with Gasteiger partial charge in [0.05, 0.1) is 17.7 Å². The number of hydrogen-bond donors (Lipinski definition) is 1. The van der Waals surface area contributed by atoms with Crippen LogP contribution in [0.5, 0.6) is 5.75 Å². The summed E-state index contributed by atoms with van der Waals surface area (Å²) in [6, 6.07) is 24.3. The molecule has 0 radical (unpaired) electrons. The van der Waals surface area contributed by atoms with Crippen LogP contribution in [-0.2, 0) is 16.4 Å². The highest BCUT2D eigenvalue weighted by atomic mass is 32.2. The summed E-state index contributed by atoms with van der Waals surface area (Å²) < 4.78 is 35.2. The summed E-state index contributed by atoms with van der Waals surface area (Å²) in [4.78, 5) is 5.59. The molecule has 0 aliphatic carbocycles. The fourth-order valence-corrected chi connectivity index (χ4v) is 5.50. The molecule has 0 saturated heterocycles. The SMILES string of the molecule is COc1ccc(-c2nc3scc(CCNS(=O)(=O)c4ccc(-c5ccccc5)cc4)n3n2)cc1. The van der Waals surface area contributed by atoms with Gasteiger partial charge in [-0.25, -0.2) is 17.7 Å². The van der Waals surface area contributed by atoms with Crippen molar-refractivity contribution in [1.29, 1.82) is 0 Å². The van der Waals surface area contributed by atoms with E-state index in [0.29, 0.717) is 12.2 Å². The van der Waals surface area contributed by atoms with E-state index in [1.165, 1.54) is 11.3 Å². The molecular formula is C25H22N4O3S2. The second-order valence-electron chi connectivity index (χ2n) is 7.62. The van der Waals surface area contributed by atoms with Gasteiger partial charge in [0, 0.05) is 23.9 Å². The molecular weight excluding hydrogens is 468 g/mol. The number of rotatable bonds is 8. The van der Waals surface area contributed by atoms with Crippen molar-refractivity contribution in [2.24, 2.45) is 0 Å². The number of benzene rings is 3. The average molecular weight is 491 g/mol. The Kier molecular flexibility index (Phi) is 6.14. The van der Waals surface area contributed by atoms with Gasteiger partial charge < -0.3 is 4.74 Å². The number of fused-ring (bicyclic) bond motifs is 1. The van der Waals surface area contributed by atoms with Crippen LogP contribution in [0.25, 0.3) is 27.5 Å². The lowest BCUT2D eigenvalue weighted by Gasteiger charge is -2.08. The molecule has 7 nitrogen and oxygen atoms in total. The van der Waals surface area contributed by atoms with E-state index in [-0.39, 0.29) is 11.4 Å². The van der Waals surface area contributed by atoms with Gasteiger partial charge in [-0.1, -0.05) is 42.5 Å². The monoisotopic (exact) mass is 490 g/mol. The number of nitrogens with one attached hydrogen (secondary N) is 1. The summed E-state index contributed by atoms with van der Waals surface area (Å²) in [5, 5.41) is 6.56. The van der Waals surface area contributed by atoms with E-state index in [1.54, 1.807) is 23.8 Å². The third kappa shape index (κ3) is 4.58. The van der Waals surface area contributed by atoms with Crippen molar-refractivity contribution in [1.82, 2.24) is 19.3 Å². The molecule has 2 heterocycles. The minimum atomic E-state index is -3.61. The number of methoxy groups -OCH3 is 1. The van der Waals surface area contributed by atoms with Crippen molar-refractivity contribution >= 4 is 26.3 Å². The molecule has 9 heteroatoms. The van der Waals surface area contributed by atoms with E-state index in [9.17, 15) is 8.42 Å². The largest absolute Gasteiger partial charge is 0.497 e. The Morgan fingerprint density at radius 1 is 0.912 bits per heavy atom. The van der Waals surface area contributed by atoms with Gasteiger partial charge in [0.2, 0.25) is 15.0 Å². The molecule has 5 rings (SSSR count). The Balaban J connectivity index is 1.26. The summed E-state index contributed by atoms with van der Waals surface area (Å²) in [6.07, 6.45) is 0.493. The first-order chi connectivity index (χ1) is 16.5. The van der Waals surface area contributed by atoms with Gasteiger partial charge in [-0.15, -0.1) is 16.4 Å². The van der Waals surface area contributed by atoms with Gasteiger partial charge in [-0.05, 0) is 47.5 Å². The van der Waals surface area contributed by atoms with Gasteiger partial charge in [-0.2, -0.15) is 4.98 Å². The molecule has 1 N–H and O–H groups in total. The molecule has 34 heavy (non-hydrogen) atoms. The van der Waals surface area contributed by atoms with Crippen molar-refractivity contribution in [3.63, 3.8) is 0 Å². The van der Waals surface area contributed by atoms with Crippen molar-refractivity contribution in [3.8, 4) is 28.3 Å². The van der Waals surface area contributed by atoms with E-state index in [4.69, 9.17) is 4.74 Å². The first-order valence-electron chi connectivity index (χ1n) is 10.7. The molecule has 0 fully saturated rings. The van der Waals surface area contributed by atoms with Crippen LogP contribution in [0.15, 0.2) is 89.1 Å². The minimum absolute atomic E-state index is 0.241. The average Bonchev–Trinajstić information content (AvgIpc) is 3.46. The lowest BCUT2D eigenvalue weighted by molar-refractivity contribution is 0.415. The molecule has 0 bridgehead atoms. The molecule has 3 aromatic carbocycles. The minimum Gasteiger partial charge on any atom is -0.497 e. The Labute approximate surface area is 201 Å². The van der Waals surface area contributed by atoms with Gasteiger partial charge in [0.1, 0.15) is 5.75 Å². The van der Waals surface area contributed by atoms with Crippen molar-refractivity contribution in [3.05, 3.63) is 89.9 Å². The number of aromatic nitrogens is 3. The molecule has 0 unspecified atom stereocenters. The van der Waals surface area contributed by atoms with Crippen LogP contribution < -0.4 is 9.46 Å². The van der Waals surface area contributed by atoms with Crippen LogP contribution >= 0.6 is 11.3 Å². The topological polar surface area (TPSA) is 85.6 Å². The van der Waals surface area contributed by atoms with Crippen LogP contribution in [0.3, 0.4) is 0 Å². The molecule has 0 spiro atoms. The zero-order valence-corrected chi connectivity index (χ0v) is 20.0. The molecule has 2 aromatic heterocycles. The fraction of sp³-hybridized carbons (Fsp3) is 0.120. The molecule has 172 valence electrons. The van der Waals surface area contributed by atoms with Crippen molar-refractivity contribution < 1.29 is 13.2 Å². The predicted octanol–water partition coefficient (Wildman–Crippen LogP) is 4.65. The second-order valence-corrected chi connectivity index (χ2v) is 10.2. The predicted molar refractivity (Wildman–Crippen MR) is 134 cm³/mol. The summed E-state index contributed by atoms with van der Waals surface area (Å²) in [5.41, 5.74) is 3.80. The first-order valence-corrected chi connectivity index (χ1v) is 13.0. The van der Waals surface area contributed by atoms with Gasteiger partial charge >= 0.3 is 0 Å². The van der Waals surface area contributed by atoms with Crippen LogP contribution in [0.2, 0.25) is 0 Å². The molecule has 0 atom stereocenters. The third-order valence-corrected chi connectivity index (χ3v) is 7.78. The number of sulfonamides is 1. The normalized spacial score (nSPS) is 11.7. The van der Waals surface area contributed by atoms with E-state index in [1.807, 2.05) is 72.1 Å². The zero-order chi connectivity index (χ0) is 23.5. The Morgan fingerprint density at radius 2 is 1.59 bits per heavy atom. The van der Waals surface area contributed by atoms with E-state index < -0.39 is 10.0 Å². The van der Waals surface area contributed by atoms with Gasteiger partial charge in [0.25, 0.3) is 0 Å². The third-order valence-electron chi connectivity index (χ3n) is 5.44. The summed E-state index contributed by atoms with van der Waals surface area (Å²) in [7, 11) is -1.99. The van der Waals surface area contributed by atoms with Gasteiger partial charge in [-0.3, -0.25) is 0 Å². The molecule has 0 aliphatic rings. The Bertz CT molecular complexity index is 1510. The fourth-order valence-electron chi connectivity index (χ4n) is 3.61. The first kappa shape index (κ1) is 22.3. The molecule has 0 saturated carbocycles. The Morgan fingerprint density at radius 3 is 2.29 bits per heavy atom. The smallest absolute Gasteiger partial charge is 0.240 e. The number of thiazole rings is 1. The lowest BCUT2D eigenvalue weighted by Crippen LogP contribution is -2.26. The highest BCUT2D eigenvalue weighted by Gasteiger charge is 2.16. The van der Waals surface area contributed by atoms with Crippen LogP contribution in [0.1, 0.15) is 5.69 Å². The maximum absolute atomic E-state index is 12.8.